The van der Waals surface area contributed by atoms with Crippen LogP contribution in [0.25, 0.3) is 0 Å². The van der Waals surface area contributed by atoms with Crippen molar-refractivity contribution in [3.63, 3.8) is 0 Å². The highest BCUT2D eigenvalue weighted by Crippen LogP contribution is 2.23. The van der Waals surface area contributed by atoms with E-state index in [0.29, 0.717) is 0 Å². The Morgan fingerprint density at radius 1 is 1.50 bits per heavy atom. The van der Waals surface area contributed by atoms with E-state index in [4.69, 9.17) is 8.17 Å². The minimum absolute atomic E-state index is 0.107. The van der Waals surface area contributed by atoms with Gasteiger partial charge in [-0.15, -0.1) is 0 Å². The molecule has 8 heavy (non-hydrogen) atoms. The zero-order valence-electron chi connectivity index (χ0n) is 4.51. The molecule has 2 atom stereocenters. The molecule has 1 rings (SSSR count). The van der Waals surface area contributed by atoms with Crippen molar-refractivity contribution < 1.29 is 8.17 Å². The number of hydrogen-bond acceptors (Lipinski definition) is 2. The van der Waals surface area contributed by atoms with Crippen LogP contribution in [0.1, 0.15) is 19.3 Å². The summed E-state index contributed by atoms with van der Waals surface area (Å²) in [6.45, 7) is 0. The van der Waals surface area contributed by atoms with Gasteiger partial charge in [-0.2, -0.15) is 0 Å². The molecule has 0 aromatic carbocycles. The van der Waals surface area contributed by atoms with E-state index >= 15 is 0 Å². The Labute approximate surface area is 62.9 Å². The monoisotopic (exact) mass is 228 g/mol. The van der Waals surface area contributed by atoms with E-state index in [9.17, 15) is 0 Å². The van der Waals surface area contributed by atoms with Gasteiger partial charge >= 0.3 is 0 Å². The molecule has 0 saturated heterocycles. The van der Waals surface area contributed by atoms with Crippen LogP contribution in [-0.4, -0.2) is 17.3 Å². The summed E-state index contributed by atoms with van der Waals surface area (Å²) < 4.78 is 4.94. The van der Waals surface area contributed by atoms with Gasteiger partial charge in [0.15, 0.2) is 0 Å². The molecule has 0 amide bonds. The molecule has 48 valence electrons. The molecule has 1 aliphatic carbocycles. The maximum atomic E-state index is 9.06. The van der Waals surface area contributed by atoms with Gasteiger partial charge in [0.1, 0.15) is 23.0 Å². The zero-order valence-corrected chi connectivity index (χ0v) is 6.67. The van der Waals surface area contributed by atoms with Gasteiger partial charge in [0.2, 0.25) is 0 Å². The van der Waals surface area contributed by atoms with E-state index in [-0.39, 0.29) is 12.2 Å². The SMILES string of the molecule is O[C@H]1CCC[C@H]1OI. The van der Waals surface area contributed by atoms with Gasteiger partial charge in [-0.05, 0) is 19.3 Å². The summed E-state index contributed by atoms with van der Waals surface area (Å²) in [7, 11) is 0. The average molecular weight is 228 g/mol. The molecule has 0 heterocycles. The van der Waals surface area contributed by atoms with Crippen molar-refractivity contribution in [2.45, 2.75) is 31.5 Å². The van der Waals surface area contributed by atoms with Crippen LogP contribution in [0.3, 0.4) is 0 Å². The molecule has 0 spiro atoms. The Bertz CT molecular complexity index is 76.8. The Kier molecular flexibility index (Phi) is 2.52. The third-order valence-corrected chi connectivity index (χ3v) is 2.19. The zero-order chi connectivity index (χ0) is 5.98. The van der Waals surface area contributed by atoms with Crippen molar-refractivity contribution in [3.8, 4) is 0 Å². The summed E-state index contributed by atoms with van der Waals surface area (Å²) >= 11 is 1.84. The molecule has 0 aliphatic heterocycles. The first-order chi connectivity index (χ1) is 3.84. The van der Waals surface area contributed by atoms with E-state index in [1.807, 2.05) is 23.0 Å². The predicted octanol–water partition coefficient (Wildman–Crippen LogP) is 1.27. The molecule has 0 radical (unpaired) electrons. The maximum Gasteiger partial charge on any atom is 0.110 e. The summed E-state index contributed by atoms with van der Waals surface area (Å²) in [5.74, 6) is 0. The normalized spacial score (nSPS) is 38.2. The standard InChI is InChI=1S/C5H9IO2/c6-8-5-3-1-2-4(5)7/h4-5,7H,1-3H2/t4-,5+/m0/s1. The van der Waals surface area contributed by atoms with Gasteiger partial charge < -0.3 is 8.17 Å². The number of aliphatic hydroxyl groups excluding tert-OH is 1. The average Bonchev–Trinajstić information content (AvgIpc) is 2.14. The molecule has 0 bridgehead atoms. The molecule has 0 unspecified atom stereocenters. The fourth-order valence-electron chi connectivity index (χ4n) is 1.01. The lowest BCUT2D eigenvalue weighted by Crippen LogP contribution is -2.18. The van der Waals surface area contributed by atoms with Crippen molar-refractivity contribution in [1.29, 1.82) is 0 Å². The van der Waals surface area contributed by atoms with Gasteiger partial charge in [-0.3, -0.25) is 0 Å². The minimum Gasteiger partial charge on any atom is -0.390 e. The predicted molar refractivity (Wildman–Crippen MR) is 38.8 cm³/mol. The third-order valence-electron chi connectivity index (χ3n) is 1.53. The number of rotatable bonds is 1. The van der Waals surface area contributed by atoms with Gasteiger partial charge in [-0.25, -0.2) is 0 Å². The molecule has 1 saturated carbocycles. The molecule has 1 fully saturated rings. The highest BCUT2D eigenvalue weighted by molar-refractivity contribution is 14.1. The topological polar surface area (TPSA) is 29.5 Å². The van der Waals surface area contributed by atoms with Crippen LogP contribution < -0.4 is 0 Å². The van der Waals surface area contributed by atoms with Crippen LogP contribution in [0, 0.1) is 0 Å². The second-order valence-electron chi connectivity index (χ2n) is 2.13. The summed E-state index contributed by atoms with van der Waals surface area (Å²) in [5, 5.41) is 9.06. The van der Waals surface area contributed by atoms with E-state index in [1.54, 1.807) is 0 Å². The van der Waals surface area contributed by atoms with Crippen LogP contribution in [0.5, 0.6) is 0 Å². The van der Waals surface area contributed by atoms with Crippen molar-refractivity contribution in [3.05, 3.63) is 0 Å². The largest absolute Gasteiger partial charge is 0.390 e. The molecular formula is C5H9IO2. The first-order valence-electron chi connectivity index (χ1n) is 2.80. The van der Waals surface area contributed by atoms with Crippen LogP contribution in [0.15, 0.2) is 0 Å². The Morgan fingerprint density at radius 2 is 2.25 bits per heavy atom. The van der Waals surface area contributed by atoms with Gasteiger partial charge in [0, 0.05) is 0 Å². The second kappa shape index (κ2) is 2.98. The van der Waals surface area contributed by atoms with Crippen LogP contribution in [0.2, 0.25) is 0 Å². The summed E-state index contributed by atoms with van der Waals surface area (Å²) in [5.41, 5.74) is 0. The first-order valence-corrected chi connectivity index (χ1v) is 3.68. The van der Waals surface area contributed by atoms with Gasteiger partial charge in [0.05, 0.1) is 12.2 Å². The summed E-state index contributed by atoms with van der Waals surface area (Å²) in [6.07, 6.45) is 2.94. The lowest BCUT2D eigenvalue weighted by Gasteiger charge is -2.08. The fraction of sp³-hybridized carbons (Fsp3) is 1.00. The lowest BCUT2D eigenvalue weighted by molar-refractivity contribution is 0.0880. The fourth-order valence-corrected chi connectivity index (χ4v) is 1.60. The maximum absolute atomic E-state index is 9.06. The molecule has 2 nitrogen and oxygen atoms in total. The highest BCUT2D eigenvalue weighted by atomic mass is 127. The molecular weight excluding hydrogens is 219 g/mol. The summed E-state index contributed by atoms with van der Waals surface area (Å²) in [6, 6.07) is 0. The van der Waals surface area contributed by atoms with Gasteiger partial charge in [-0.1, -0.05) is 0 Å². The van der Waals surface area contributed by atoms with E-state index in [0.717, 1.165) is 19.3 Å². The minimum atomic E-state index is -0.202. The Morgan fingerprint density at radius 3 is 2.50 bits per heavy atom. The van der Waals surface area contributed by atoms with E-state index < -0.39 is 0 Å². The lowest BCUT2D eigenvalue weighted by atomic mass is 10.3. The quantitative estimate of drug-likeness (QED) is 0.684. The number of hydrogen-bond donors (Lipinski definition) is 1. The van der Waals surface area contributed by atoms with Crippen LogP contribution >= 0.6 is 23.0 Å². The highest BCUT2D eigenvalue weighted by Gasteiger charge is 2.24. The second-order valence-corrected chi connectivity index (χ2v) is 2.63. The van der Waals surface area contributed by atoms with Crippen molar-refractivity contribution in [2.24, 2.45) is 0 Å². The van der Waals surface area contributed by atoms with E-state index in [2.05, 4.69) is 0 Å². The molecule has 0 aromatic rings. The molecule has 0 aromatic heterocycles. The molecule has 1 N–H and O–H groups in total. The third kappa shape index (κ3) is 1.33. The van der Waals surface area contributed by atoms with Gasteiger partial charge in [0.25, 0.3) is 0 Å². The van der Waals surface area contributed by atoms with E-state index in [1.165, 1.54) is 0 Å². The number of aliphatic hydroxyl groups is 1. The summed E-state index contributed by atoms with van der Waals surface area (Å²) in [4.78, 5) is 0. The first kappa shape index (κ1) is 6.77. The smallest absolute Gasteiger partial charge is 0.110 e. The van der Waals surface area contributed by atoms with Crippen molar-refractivity contribution in [2.75, 3.05) is 0 Å². The number of halogens is 1. The Hall–Kier alpha value is 0.650. The van der Waals surface area contributed by atoms with Crippen molar-refractivity contribution in [1.82, 2.24) is 0 Å². The molecule has 3 heteroatoms. The Balaban J connectivity index is 2.30. The molecule has 1 aliphatic rings. The van der Waals surface area contributed by atoms with Crippen molar-refractivity contribution >= 4 is 23.0 Å². The van der Waals surface area contributed by atoms with Crippen LogP contribution in [-0.2, 0) is 3.07 Å². The van der Waals surface area contributed by atoms with Crippen LogP contribution in [0.4, 0.5) is 0 Å².